The van der Waals surface area contributed by atoms with Crippen LogP contribution in [0.3, 0.4) is 0 Å². The van der Waals surface area contributed by atoms with Crippen LogP contribution in [0.15, 0.2) is 18.5 Å². The molecule has 2 N–H and O–H groups in total. The maximum absolute atomic E-state index is 13.1. The van der Waals surface area contributed by atoms with Crippen LogP contribution in [0, 0.1) is 5.41 Å². The molecule has 9 nitrogen and oxygen atoms in total. The second-order valence-corrected chi connectivity index (χ2v) is 7.95. The summed E-state index contributed by atoms with van der Waals surface area (Å²) < 4.78 is 7.41. The summed E-state index contributed by atoms with van der Waals surface area (Å²) in [5.41, 5.74) is 6.06. The number of nitrogens with two attached hydrogens (primary N) is 1. The molecular formula is C18H29Cl2N7O2. The largest absolute Gasteiger partial charge is 0.378 e. The number of anilines is 1. The Hall–Kier alpha value is -1.68. The van der Waals surface area contributed by atoms with Crippen molar-refractivity contribution in [2.45, 2.75) is 38.8 Å². The number of carbonyl (C=O) groups excluding carboxylic acids is 1. The molecule has 1 aliphatic heterocycles. The Labute approximate surface area is 182 Å². The van der Waals surface area contributed by atoms with E-state index < -0.39 is 5.54 Å². The van der Waals surface area contributed by atoms with Crippen molar-refractivity contribution >= 4 is 42.2 Å². The van der Waals surface area contributed by atoms with Gasteiger partial charge in [-0.05, 0) is 19.1 Å². The van der Waals surface area contributed by atoms with Gasteiger partial charge in [-0.3, -0.25) is 4.79 Å². The minimum atomic E-state index is -0.853. The Kier molecular flexibility index (Phi) is 6.99. The summed E-state index contributed by atoms with van der Waals surface area (Å²) in [5.74, 6) is 0.891. The van der Waals surface area contributed by atoms with Gasteiger partial charge in [-0.25, -0.2) is 0 Å². The van der Waals surface area contributed by atoms with Crippen LogP contribution in [0.5, 0.6) is 0 Å². The quantitative estimate of drug-likeness (QED) is 0.752. The number of piperazine rings is 1. The fourth-order valence-corrected chi connectivity index (χ4v) is 4.11. The smallest absolute Gasteiger partial charge is 0.243 e. The summed E-state index contributed by atoms with van der Waals surface area (Å²) in [6.07, 6.45) is 2.21. The molecule has 11 heteroatoms. The maximum Gasteiger partial charge on any atom is 0.243 e. The zero-order valence-electron chi connectivity index (χ0n) is 16.9. The van der Waals surface area contributed by atoms with Crippen LogP contribution < -0.4 is 10.6 Å². The van der Waals surface area contributed by atoms with Gasteiger partial charge in [0.15, 0.2) is 5.65 Å². The molecule has 29 heavy (non-hydrogen) atoms. The van der Waals surface area contributed by atoms with Crippen LogP contribution in [0.4, 0.5) is 5.82 Å². The lowest BCUT2D eigenvalue weighted by Crippen LogP contribution is -2.76. The number of fused-ring (bicyclic) bond motifs is 1. The monoisotopic (exact) mass is 445 g/mol. The molecule has 4 rings (SSSR count). The van der Waals surface area contributed by atoms with Crippen LogP contribution in [0.2, 0.25) is 0 Å². The van der Waals surface area contributed by atoms with Gasteiger partial charge < -0.3 is 20.3 Å². The Morgan fingerprint density at radius 2 is 1.93 bits per heavy atom. The van der Waals surface area contributed by atoms with Crippen molar-refractivity contribution in [3.8, 4) is 0 Å². The van der Waals surface area contributed by atoms with Gasteiger partial charge in [0.25, 0.3) is 0 Å². The van der Waals surface area contributed by atoms with E-state index in [-0.39, 0.29) is 42.2 Å². The van der Waals surface area contributed by atoms with E-state index in [4.69, 9.17) is 10.5 Å². The zero-order chi connectivity index (χ0) is 19.2. The van der Waals surface area contributed by atoms with Crippen molar-refractivity contribution in [1.29, 1.82) is 0 Å². The fourth-order valence-electron chi connectivity index (χ4n) is 4.11. The van der Waals surface area contributed by atoms with Gasteiger partial charge in [-0.15, -0.1) is 40.1 Å². The number of amides is 1. The summed E-state index contributed by atoms with van der Waals surface area (Å²) in [6, 6.07) is 3.83. The molecule has 1 saturated carbocycles. The Morgan fingerprint density at radius 1 is 1.24 bits per heavy atom. The lowest BCUT2D eigenvalue weighted by molar-refractivity contribution is -0.179. The van der Waals surface area contributed by atoms with Gasteiger partial charge in [0, 0.05) is 44.6 Å². The zero-order valence-corrected chi connectivity index (χ0v) is 18.6. The molecule has 2 unspecified atom stereocenters. The molecule has 0 spiro atoms. The summed E-state index contributed by atoms with van der Waals surface area (Å²) >= 11 is 0. The number of nitrogens with zero attached hydrogens (tertiary/aromatic N) is 6. The molecule has 2 aromatic heterocycles. The number of halogens is 2. The normalized spacial score (nSPS) is 25.7. The summed E-state index contributed by atoms with van der Waals surface area (Å²) in [4.78, 5) is 17.2. The summed E-state index contributed by atoms with van der Waals surface area (Å²) in [5, 5.41) is 12.4. The van der Waals surface area contributed by atoms with Crippen LogP contribution in [0.25, 0.3) is 5.65 Å². The first-order valence-electron chi connectivity index (χ1n) is 9.48. The van der Waals surface area contributed by atoms with Crippen molar-refractivity contribution in [3.63, 3.8) is 0 Å². The van der Waals surface area contributed by atoms with Gasteiger partial charge in [0.05, 0.1) is 6.10 Å². The van der Waals surface area contributed by atoms with E-state index in [0.29, 0.717) is 31.8 Å². The number of aromatic nitrogens is 4. The summed E-state index contributed by atoms with van der Waals surface area (Å²) in [7, 11) is 0. The van der Waals surface area contributed by atoms with Crippen LogP contribution in [-0.4, -0.2) is 75.0 Å². The van der Waals surface area contributed by atoms with Crippen LogP contribution in [-0.2, 0) is 9.53 Å². The Bertz CT molecular complexity index is 854. The predicted molar refractivity (Wildman–Crippen MR) is 115 cm³/mol. The van der Waals surface area contributed by atoms with Crippen LogP contribution in [0.1, 0.15) is 27.2 Å². The first kappa shape index (κ1) is 23.6. The van der Waals surface area contributed by atoms with Crippen molar-refractivity contribution in [1.82, 2.24) is 24.7 Å². The fraction of sp³-hybridized carbons (Fsp3) is 0.667. The highest BCUT2D eigenvalue weighted by atomic mass is 35.5. The Balaban J connectivity index is 0.00000150. The minimum absolute atomic E-state index is 0. The van der Waals surface area contributed by atoms with E-state index in [0.717, 1.165) is 18.9 Å². The first-order chi connectivity index (χ1) is 12.9. The number of rotatable bonds is 4. The average molecular weight is 446 g/mol. The molecule has 1 aliphatic carbocycles. The van der Waals surface area contributed by atoms with Crippen molar-refractivity contribution in [2.24, 2.45) is 11.1 Å². The third-order valence-electron chi connectivity index (χ3n) is 6.25. The highest BCUT2D eigenvalue weighted by Crippen LogP contribution is 2.50. The van der Waals surface area contributed by atoms with Gasteiger partial charge >= 0.3 is 0 Å². The van der Waals surface area contributed by atoms with E-state index in [1.165, 1.54) is 0 Å². The van der Waals surface area contributed by atoms with E-state index in [2.05, 4.69) is 20.2 Å². The summed E-state index contributed by atoms with van der Waals surface area (Å²) in [6.45, 7) is 9.38. The Morgan fingerprint density at radius 3 is 2.55 bits per heavy atom. The number of hydrogen-bond donors (Lipinski definition) is 1. The van der Waals surface area contributed by atoms with Crippen molar-refractivity contribution in [3.05, 3.63) is 18.5 Å². The van der Waals surface area contributed by atoms with Gasteiger partial charge in [-0.2, -0.15) is 4.52 Å². The molecule has 162 valence electrons. The molecule has 3 heterocycles. The maximum atomic E-state index is 13.1. The highest BCUT2D eigenvalue weighted by Gasteiger charge is 2.63. The molecule has 2 aromatic rings. The number of ether oxygens (including phenoxy) is 1. The topological polar surface area (TPSA) is 102 Å². The van der Waals surface area contributed by atoms with E-state index in [1.54, 1.807) is 10.8 Å². The van der Waals surface area contributed by atoms with E-state index in [9.17, 15) is 4.79 Å². The third kappa shape index (κ3) is 3.76. The van der Waals surface area contributed by atoms with Crippen LogP contribution >= 0.6 is 24.8 Å². The SMILES string of the molecule is CCOC1CC(N)(C(=O)N2CCN(c3ccc4nncn4n3)CC2)C1(C)C.Cl.Cl. The molecule has 0 bridgehead atoms. The second-order valence-electron chi connectivity index (χ2n) is 7.95. The van der Waals surface area contributed by atoms with Crippen molar-refractivity contribution < 1.29 is 9.53 Å². The molecular weight excluding hydrogens is 417 g/mol. The number of hydrogen-bond acceptors (Lipinski definition) is 7. The molecule has 1 amide bonds. The standard InChI is InChI=1S/C18H27N7O2.2ClH/c1-4-27-13-11-18(19,17(13,2)3)16(26)24-9-7-23(8-10-24)15-6-5-14-21-20-12-25(14)22-15;;/h5-6,12-13H,4,7-11,19H2,1-3H3;2*1H. The van der Waals surface area contributed by atoms with Gasteiger partial charge in [-0.1, -0.05) is 13.8 Å². The molecule has 0 aromatic carbocycles. The van der Waals surface area contributed by atoms with Gasteiger partial charge in [0.2, 0.25) is 5.91 Å². The lowest BCUT2D eigenvalue weighted by atomic mass is 9.54. The van der Waals surface area contributed by atoms with E-state index in [1.807, 2.05) is 37.8 Å². The van der Waals surface area contributed by atoms with E-state index >= 15 is 0 Å². The second kappa shape index (κ2) is 8.59. The first-order valence-corrected chi connectivity index (χ1v) is 9.48. The van der Waals surface area contributed by atoms with Crippen molar-refractivity contribution in [2.75, 3.05) is 37.7 Å². The third-order valence-corrected chi connectivity index (χ3v) is 6.25. The highest BCUT2D eigenvalue weighted by molar-refractivity contribution is 5.89. The van der Waals surface area contributed by atoms with Gasteiger partial charge in [0.1, 0.15) is 17.7 Å². The number of carbonyl (C=O) groups is 1. The molecule has 2 aliphatic rings. The molecule has 2 atom stereocenters. The minimum Gasteiger partial charge on any atom is -0.378 e. The molecule has 1 saturated heterocycles. The lowest BCUT2D eigenvalue weighted by Gasteiger charge is -2.59. The predicted octanol–water partition coefficient (Wildman–Crippen LogP) is 1.15. The average Bonchev–Trinajstić information content (AvgIpc) is 3.15. The molecule has 2 fully saturated rings. The molecule has 0 radical (unpaired) electrons.